The summed E-state index contributed by atoms with van der Waals surface area (Å²) in [6.07, 6.45) is 0.154. The van der Waals surface area contributed by atoms with Crippen LogP contribution in [0.2, 0.25) is 0 Å². The Morgan fingerprint density at radius 2 is 1.78 bits per heavy atom. The minimum absolute atomic E-state index is 0.154. The lowest BCUT2D eigenvalue weighted by atomic mass is 10.2. The molecule has 0 bridgehead atoms. The van der Waals surface area contributed by atoms with Gasteiger partial charge in [-0.3, -0.25) is 9.59 Å². The van der Waals surface area contributed by atoms with Crippen LogP contribution in [-0.4, -0.2) is 24.5 Å². The van der Waals surface area contributed by atoms with E-state index in [0.29, 0.717) is 18.0 Å². The van der Waals surface area contributed by atoms with Crippen molar-refractivity contribution >= 4 is 23.2 Å². The summed E-state index contributed by atoms with van der Waals surface area (Å²) in [7, 11) is 0. The molecule has 0 radical (unpaired) electrons. The van der Waals surface area contributed by atoms with E-state index in [4.69, 9.17) is 4.74 Å². The molecule has 1 atom stereocenters. The molecule has 118 valence electrons. The zero-order valence-corrected chi connectivity index (χ0v) is 12.9. The molecule has 1 heterocycles. The highest BCUT2D eigenvalue weighted by atomic mass is 16.5. The Balaban J connectivity index is 1.76. The Morgan fingerprint density at radius 3 is 2.43 bits per heavy atom. The predicted octanol–water partition coefficient (Wildman–Crippen LogP) is 2.83. The highest BCUT2D eigenvalue weighted by Crippen LogP contribution is 2.26. The van der Waals surface area contributed by atoms with Gasteiger partial charge in [0.15, 0.2) is 0 Å². The van der Waals surface area contributed by atoms with Gasteiger partial charge in [0, 0.05) is 5.69 Å². The summed E-state index contributed by atoms with van der Waals surface area (Å²) < 4.78 is 5.38. The van der Waals surface area contributed by atoms with Crippen molar-refractivity contribution in [2.24, 2.45) is 0 Å². The molecule has 2 aromatic carbocycles. The summed E-state index contributed by atoms with van der Waals surface area (Å²) >= 11 is 0. The van der Waals surface area contributed by atoms with E-state index >= 15 is 0 Å². The first-order chi connectivity index (χ1) is 11.2. The van der Waals surface area contributed by atoms with Gasteiger partial charge in [-0.2, -0.15) is 0 Å². The van der Waals surface area contributed by atoms with Crippen LogP contribution in [0.3, 0.4) is 0 Å². The molecule has 1 aliphatic heterocycles. The quantitative estimate of drug-likeness (QED) is 0.863. The number of nitrogens with zero attached hydrogens (tertiary/aromatic N) is 1. The molecule has 2 aromatic rings. The second kappa shape index (κ2) is 6.52. The van der Waals surface area contributed by atoms with Gasteiger partial charge >= 0.3 is 0 Å². The number of hydrogen-bond acceptors (Lipinski definition) is 4. The molecule has 1 saturated heterocycles. The van der Waals surface area contributed by atoms with Crippen molar-refractivity contribution in [3.05, 3.63) is 54.6 Å². The van der Waals surface area contributed by atoms with Gasteiger partial charge in [0.05, 0.1) is 18.7 Å². The standard InChI is InChI=1S/C18H18N2O3/c1-2-23-15-10-8-14(9-11-15)20-17(21)12-16(18(20)22)19-13-6-4-3-5-7-13/h3-11,16,19H,2,12H2,1H3/t16-/m1/s1. The van der Waals surface area contributed by atoms with Gasteiger partial charge in [-0.15, -0.1) is 0 Å². The van der Waals surface area contributed by atoms with Crippen molar-refractivity contribution in [1.82, 2.24) is 0 Å². The number of ether oxygens (including phenoxy) is 1. The number of para-hydroxylation sites is 1. The SMILES string of the molecule is CCOc1ccc(N2C(=O)C[C@@H](Nc3ccccc3)C2=O)cc1. The maximum Gasteiger partial charge on any atom is 0.256 e. The van der Waals surface area contributed by atoms with Crippen LogP contribution < -0.4 is 15.0 Å². The van der Waals surface area contributed by atoms with E-state index in [1.807, 2.05) is 37.3 Å². The molecule has 1 fully saturated rings. The molecule has 0 aromatic heterocycles. The normalized spacial score (nSPS) is 17.4. The summed E-state index contributed by atoms with van der Waals surface area (Å²) in [5, 5.41) is 3.12. The van der Waals surface area contributed by atoms with Crippen LogP contribution >= 0.6 is 0 Å². The minimum Gasteiger partial charge on any atom is -0.494 e. The number of amides is 2. The van der Waals surface area contributed by atoms with Gasteiger partial charge in [-0.05, 0) is 43.3 Å². The molecule has 3 rings (SSSR count). The third-order valence-corrected chi connectivity index (χ3v) is 3.67. The second-order valence-electron chi connectivity index (χ2n) is 5.26. The van der Waals surface area contributed by atoms with E-state index in [0.717, 1.165) is 5.69 Å². The maximum absolute atomic E-state index is 12.5. The Morgan fingerprint density at radius 1 is 1.09 bits per heavy atom. The average molecular weight is 310 g/mol. The second-order valence-corrected chi connectivity index (χ2v) is 5.26. The van der Waals surface area contributed by atoms with Crippen LogP contribution in [0.5, 0.6) is 5.75 Å². The van der Waals surface area contributed by atoms with Crippen molar-refractivity contribution in [2.45, 2.75) is 19.4 Å². The van der Waals surface area contributed by atoms with Crippen molar-refractivity contribution < 1.29 is 14.3 Å². The number of carbonyl (C=O) groups excluding carboxylic acids is 2. The fraction of sp³-hybridized carbons (Fsp3) is 0.222. The largest absolute Gasteiger partial charge is 0.494 e. The van der Waals surface area contributed by atoms with Crippen LogP contribution in [0, 0.1) is 0 Å². The highest BCUT2D eigenvalue weighted by molar-refractivity contribution is 6.23. The number of anilines is 2. The topological polar surface area (TPSA) is 58.6 Å². The van der Waals surface area contributed by atoms with Crippen LogP contribution in [0.15, 0.2) is 54.6 Å². The molecule has 0 aliphatic carbocycles. The van der Waals surface area contributed by atoms with Gasteiger partial charge in [0.25, 0.3) is 5.91 Å². The number of rotatable bonds is 5. The van der Waals surface area contributed by atoms with E-state index in [2.05, 4.69) is 5.32 Å². The minimum atomic E-state index is -0.531. The van der Waals surface area contributed by atoms with Crippen LogP contribution in [0.25, 0.3) is 0 Å². The number of imide groups is 1. The van der Waals surface area contributed by atoms with Crippen molar-refractivity contribution in [1.29, 1.82) is 0 Å². The number of hydrogen-bond donors (Lipinski definition) is 1. The fourth-order valence-electron chi connectivity index (χ4n) is 2.61. The van der Waals surface area contributed by atoms with Crippen LogP contribution in [0.4, 0.5) is 11.4 Å². The summed E-state index contributed by atoms with van der Waals surface area (Å²) in [6, 6.07) is 15.9. The Bertz CT molecular complexity index is 698. The monoisotopic (exact) mass is 310 g/mol. The third kappa shape index (κ3) is 3.18. The first-order valence-corrected chi connectivity index (χ1v) is 7.60. The zero-order valence-electron chi connectivity index (χ0n) is 12.9. The number of nitrogens with one attached hydrogen (secondary N) is 1. The van der Waals surface area contributed by atoms with Crippen molar-refractivity contribution in [3.63, 3.8) is 0 Å². The van der Waals surface area contributed by atoms with Gasteiger partial charge in [-0.1, -0.05) is 18.2 Å². The predicted molar refractivity (Wildman–Crippen MR) is 88.6 cm³/mol. The fourth-order valence-corrected chi connectivity index (χ4v) is 2.61. The molecule has 2 amide bonds. The first kappa shape index (κ1) is 15.1. The Hall–Kier alpha value is -2.82. The molecule has 0 spiro atoms. The molecule has 0 unspecified atom stereocenters. The van der Waals surface area contributed by atoms with Crippen LogP contribution in [-0.2, 0) is 9.59 Å². The first-order valence-electron chi connectivity index (χ1n) is 7.60. The lowest BCUT2D eigenvalue weighted by Gasteiger charge is -2.16. The van der Waals surface area contributed by atoms with E-state index in [9.17, 15) is 9.59 Å². The molecule has 23 heavy (non-hydrogen) atoms. The summed E-state index contributed by atoms with van der Waals surface area (Å²) in [5.74, 6) is 0.282. The van der Waals surface area contributed by atoms with E-state index < -0.39 is 6.04 Å². The van der Waals surface area contributed by atoms with Crippen LogP contribution in [0.1, 0.15) is 13.3 Å². The summed E-state index contributed by atoms with van der Waals surface area (Å²) in [4.78, 5) is 26.0. The molecule has 5 heteroatoms. The van der Waals surface area contributed by atoms with E-state index in [1.54, 1.807) is 24.3 Å². The van der Waals surface area contributed by atoms with Gasteiger partial charge in [0.1, 0.15) is 11.8 Å². The van der Waals surface area contributed by atoms with Gasteiger partial charge < -0.3 is 10.1 Å². The molecule has 1 aliphatic rings. The lowest BCUT2D eigenvalue weighted by Crippen LogP contribution is -2.34. The average Bonchev–Trinajstić information content (AvgIpc) is 2.84. The highest BCUT2D eigenvalue weighted by Gasteiger charge is 2.39. The molecule has 0 saturated carbocycles. The maximum atomic E-state index is 12.5. The van der Waals surface area contributed by atoms with Gasteiger partial charge in [-0.25, -0.2) is 4.90 Å². The third-order valence-electron chi connectivity index (χ3n) is 3.67. The molecular weight excluding hydrogens is 292 g/mol. The smallest absolute Gasteiger partial charge is 0.256 e. The summed E-state index contributed by atoms with van der Waals surface area (Å²) in [6.45, 7) is 2.48. The Labute approximate surface area is 134 Å². The van der Waals surface area contributed by atoms with E-state index in [-0.39, 0.29) is 18.2 Å². The molecule has 1 N–H and O–H groups in total. The molecule has 5 nitrogen and oxygen atoms in total. The van der Waals surface area contributed by atoms with Gasteiger partial charge in [0.2, 0.25) is 5.91 Å². The zero-order chi connectivity index (χ0) is 16.2. The number of carbonyl (C=O) groups is 2. The van der Waals surface area contributed by atoms with Crippen molar-refractivity contribution in [2.75, 3.05) is 16.8 Å². The Kier molecular flexibility index (Phi) is 4.28. The van der Waals surface area contributed by atoms with E-state index in [1.165, 1.54) is 4.90 Å². The lowest BCUT2D eigenvalue weighted by molar-refractivity contribution is -0.121. The number of benzene rings is 2. The molecular formula is C18H18N2O3. The summed E-state index contributed by atoms with van der Waals surface area (Å²) in [5.41, 5.74) is 1.40. The van der Waals surface area contributed by atoms with Crippen molar-refractivity contribution in [3.8, 4) is 5.75 Å².